The Morgan fingerprint density at radius 3 is 2.47 bits per heavy atom. The fourth-order valence-corrected chi connectivity index (χ4v) is 1.49. The summed E-state index contributed by atoms with van der Waals surface area (Å²) < 4.78 is 0. The molecule has 0 aliphatic rings. The number of rotatable bonds is 4. The maximum atomic E-state index is 11.7. The number of aromatic nitrogens is 2. The Hall–Kier alpha value is -1.36. The number of hydrogen-bond donors (Lipinski definition) is 3. The minimum atomic E-state index is 0.00866. The van der Waals surface area contributed by atoms with Crippen LogP contribution >= 0.6 is 0 Å². The Kier molecular flexibility index (Phi) is 4.28. The maximum absolute atomic E-state index is 11.7. The number of nitrogens with one attached hydrogen (secondary N) is 3. The summed E-state index contributed by atoms with van der Waals surface area (Å²) in [5.74, 6) is 0.00866. The predicted octanol–water partition coefficient (Wildman–Crippen LogP) is 1.74. The molecule has 5 nitrogen and oxygen atoms in total. The lowest BCUT2D eigenvalue weighted by molar-refractivity contribution is -0.116. The van der Waals surface area contributed by atoms with Gasteiger partial charge in [0.05, 0.1) is 17.1 Å². The van der Waals surface area contributed by atoms with Crippen molar-refractivity contribution in [3.63, 3.8) is 0 Å². The molecule has 0 aromatic carbocycles. The van der Waals surface area contributed by atoms with Crippen LogP contribution in [0, 0.1) is 13.8 Å². The van der Waals surface area contributed by atoms with E-state index in [9.17, 15) is 4.79 Å². The molecular formula is C12H22N4O. The third-order valence-electron chi connectivity index (χ3n) is 2.40. The highest BCUT2D eigenvalue weighted by atomic mass is 16.1. The van der Waals surface area contributed by atoms with E-state index in [2.05, 4.69) is 41.6 Å². The van der Waals surface area contributed by atoms with E-state index in [0.717, 1.165) is 17.1 Å². The smallest absolute Gasteiger partial charge is 0.225 e. The number of amides is 1. The molecule has 0 unspecified atom stereocenters. The molecule has 0 spiro atoms. The molecule has 1 rings (SSSR count). The van der Waals surface area contributed by atoms with Crippen molar-refractivity contribution in [3.8, 4) is 0 Å². The first kappa shape index (κ1) is 13.7. The number of anilines is 1. The summed E-state index contributed by atoms with van der Waals surface area (Å²) in [6.45, 7) is 10.7. The number of aryl methyl sites for hydroxylation is 2. The molecule has 5 heteroatoms. The number of nitrogens with zero attached hydrogens (tertiary/aromatic N) is 1. The lowest BCUT2D eigenvalue weighted by Gasteiger charge is -2.20. The van der Waals surface area contributed by atoms with Crippen molar-refractivity contribution < 1.29 is 4.79 Å². The van der Waals surface area contributed by atoms with Crippen molar-refractivity contribution in [2.75, 3.05) is 11.9 Å². The van der Waals surface area contributed by atoms with Crippen LogP contribution in [0.25, 0.3) is 0 Å². The average Bonchev–Trinajstić information content (AvgIpc) is 2.47. The molecule has 96 valence electrons. The van der Waals surface area contributed by atoms with Gasteiger partial charge in [0, 0.05) is 18.5 Å². The van der Waals surface area contributed by atoms with E-state index in [4.69, 9.17) is 0 Å². The molecule has 1 heterocycles. The first-order chi connectivity index (χ1) is 7.79. The summed E-state index contributed by atoms with van der Waals surface area (Å²) in [5.41, 5.74) is 2.55. The summed E-state index contributed by atoms with van der Waals surface area (Å²) in [4.78, 5) is 11.7. The zero-order chi connectivity index (χ0) is 13.1. The second-order valence-corrected chi connectivity index (χ2v) is 5.28. The third-order valence-corrected chi connectivity index (χ3v) is 2.40. The van der Waals surface area contributed by atoms with Gasteiger partial charge in [0.2, 0.25) is 5.91 Å². The van der Waals surface area contributed by atoms with Crippen molar-refractivity contribution in [1.29, 1.82) is 0 Å². The molecule has 0 atom stereocenters. The van der Waals surface area contributed by atoms with E-state index in [1.807, 2.05) is 13.8 Å². The van der Waals surface area contributed by atoms with Crippen LogP contribution in [-0.4, -0.2) is 28.2 Å². The first-order valence-corrected chi connectivity index (χ1v) is 5.86. The van der Waals surface area contributed by atoms with Crippen LogP contribution in [0.1, 0.15) is 38.6 Å². The average molecular weight is 238 g/mol. The minimum Gasteiger partial charge on any atom is -0.323 e. The van der Waals surface area contributed by atoms with Gasteiger partial charge in [-0.3, -0.25) is 9.89 Å². The second-order valence-electron chi connectivity index (χ2n) is 5.28. The van der Waals surface area contributed by atoms with E-state index in [-0.39, 0.29) is 11.4 Å². The number of aromatic amines is 1. The van der Waals surface area contributed by atoms with E-state index in [1.165, 1.54) is 0 Å². The monoisotopic (exact) mass is 238 g/mol. The number of carbonyl (C=O) groups is 1. The van der Waals surface area contributed by atoms with Gasteiger partial charge in [0.15, 0.2) is 0 Å². The second kappa shape index (κ2) is 5.31. The molecule has 0 aliphatic heterocycles. The fraction of sp³-hybridized carbons (Fsp3) is 0.667. The zero-order valence-corrected chi connectivity index (χ0v) is 11.3. The Morgan fingerprint density at radius 2 is 2.00 bits per heavy atom. The molecule has 0 bridgehead atoms. The summed E-state index contributed by atoms with van der Waals surface area (Å²) in [5, 5.41) is 13.0. The highest BCUT2D eigenvalue weighted by Gasteiger charge is 2.12. The van der Waals surface area contributed by atoms with E-state index in [1.54, 1.807) is 0 Å². The molecule has 0 saturated carbocycles. The highest BCUT2D eigenvalue weighted by molar-refractivity contribution is 5.91. The van der Waals surface area contributed by atoms with Gasteiger partial charge in [-0.1, -0.05) is 0 Å². The van der Waals surface area contributed by atoms with Crippen LogP contribution in [0.2, 0.25) is 0 Å². The number of H-pyrrole nitrogens is 1. The standard InChI is InChI=1S/C12H22N4O/c1-8-11(9(2)16-15-8)14-10(17)6-7-13-12(3,4)5/h13H,6-7H2,1-5H3,(H,14,17)(H,15,16). The quantitative estimate of drug-likeness (QED) is 0.748. The molecule has 0 saturated heterocycles. The molecule has 0 fully saturated rings. The molecule has 1 aromatic heterocycles. The normalized spacial score (nSPS) is 11.6. The lowest BCUT2D eigenvalue weighted by Crippen LogP contribution is -2.37. The maximum Gasteiger partial charge on any atom is 0.225 e. The zero-order valence-electron chi connectivity index (χ0n) is 11.3. The predicted molar refractivity (Wildman–Crippen MR) is 69.1 cm³/mol. The number of hydrogen-bond acceptors (Lipinski definition) is 3. The van der Waals surface area contributed by atoms with Gasteiger partial charge < -0.3 is 10.6 Å². The van der Waals surface area contributed by atoms with Crippen LogP contribution in [0.4, 0.5) is 5.69 Å². The summed E-state index contributed by atoms with van der Waals surface area (Å²) >= 11 is 0. The lowest BCUT2D eigenvalue weighted by atomic mass is 10.1. The largest absolute Gasteiger partial charge is 0.323 e. The van der Waals surface area contributed by atoms with Crippen molar-refractivity contribution >= 4 is 11.6 Å². The minimum absolute atomic E-state index is 0.00866. The van der Waals surface area contributed by atoms with Gasteiger partial charge in [-0.15, -0.1) is 0 Å². The molecular weight excluding hydrogens is 216 g/mol. The van der Waals surface area contributed by atoms with Crippen molar-refractivity contribution in [1.82, 2.24) is 15.5 Å². The van der Waals surface area contributed by atoms with Gasteiger partial charge in [-0.2, -0.15) is 5.10 Å². The Morgan fingerprint density at radius 1 is 1.35 bits per heavy atom. The van der Waals surface area contributed by atoms with Gasteiger partial charge >= 0.3 is 0 Å². The van der Waals surface area contributed by atoms with Crippen molar-refractivity contribution in [2.24, 2.45) is 0 Å². The summed E-state index contributed by atoms with van der Waals surface area (Å²) in [6, 6.07) is 0. The SMILES string of the molecule is Cc1n[nH]c(C)c1NC(=O)CCNC(C)(C)C. The molecule has 3 N–H and O–H groups in total. The van der Waals surface area contributed by atoms with Gasteiger partial charge in [-0.05, 0) is 34.6 Å². The van der Waals surface area contributed by atoms with Gasteiger partial charge in [-0.25, -0.2) is 0 Å². The van der Waals surface area contributed by atoms with Crippen LogP contribution < -0.4 is 10.6 Å². The summed E-state index contributed by atoms with van der Waals surface area (Å²) in [7, 11) is 0. The van der Waals surface area contributed by atoms with Crippen LogP contribution in [0.5, 0.6) is 0 Å². The third kappa shape index (κ3) is 4.56. The first-order valence-electron chi connectivity index (χ1n) is 5.86. The van der Waals surface area contributed by atoms with Crippen molar-refractivity contribution in [2.45, 2.75) is 46.6 Å². The Labute approximate surface area is 102 Å². The van der Waals surface area contributed by atoms with E-state index in [0.29, 0.717) is 13.0 Å². The Bertz CT molecular complexity index is 370. The van der Waals surface area contributed by atoms with Crippen LogP contribution in [0.15, 0.2) is 0 Å². The Balaban J connectivity index is 2.41. The van der Waals surface area contributed by atoms with Gasteiger partial charge in [0.1, 0.15) is 0 Å². The molecule has 0 aliphatic carbocycles. The molecule has 1 amide bonds. The number of carbonyl (C=O) groups excluding carboxylic acids is 1. The topological polar surface area (TPSA) is 69.8 Å². The van der Waals surface area contributed by atoms with Crippen molar-refractivity contribution in [3.05, 3.63) is 11.4 Å². The van der Waals surface area contributed by atoms with Gasteiger partial charge in [0.25, 0.3) is 0 Å². The molecule has 0 radical (unpaired) electrons. The van der Waals surface area contributed by atoms with Crippen LogP contribution in [-0.2, 0) is 4.79 Å². The summed E-state index contributed by atoms with van der Waals surface area (Å²) in [6.07, 6.45) is 0.460. The molecule has 17 heavy (non-hydrogen) atoms. The highest BCUT2D eigenvalue weighted by Crippen LogP contribution is 2.15. The van der Waals surface area contributed by atoms with Crippen LogP contribution in [0.3, 0.4) is 0 Å². The van der Waals surface area contributed by atoms with E-state index < -0.39 is 0 Å². The molecule has 1 aromatic rings. The van der Waals surface area contributed by atoms with E-state index >= 15 is 0 Å². The fourth-order valence-electron chi connectivity index (χ4n) is 1.49.